The summed E-state index contributed by atoms with van der Waals surface area (Å²) < 4.78 is 5.02. The molecule has 3 nitrogen and oxygen atoms in total. The van der Waals surface area contributed by atoms with Crippen LogP contribution in [0.5, 0.6) is 0 Å². The SMILES string of the molecule is OCc1cnoc1-c1cc(Cl)ccc1Cl. The van der Waals surface area contributed by atoms with Gasteiger partial charge in [0.05, 0.1) is 17.8 Å². The van der Waals surface area contributed by atoms with Gasteiger partial charge in [-0.3, -0.25) is 0 Å². The van der Waals surface area contributed by atoms with Gasteiger partial charge in [-0.25, -0.2) is 0 Å². The van der Waals surface area contributed by atoms with Crippen LogP contribution >= 0.6 is 23.2 Å². The van der Waals surface area contributed by atoms with Gasteiger partial charge in [0.15, 0.2) is 5.76 Å². The van der Waals surface area contributed by atoms with Crippen molar-refractivity contribution in [2.45, 2.75) is 6.61 Å². The van der Waals surface area contributed by atoms with Crippen molar-refractivity contribution in [2.24, 2.45) is 0 Å². The fraction of sp³-hybridized carbons (Fsp3) is 0.100. The first-order valence-corrected chi connectivity index (χ1v) is 4.98. The lowest BCUT2D eigenvalue weighted by Gasteiger charge is -2.02. The molecule has 0 unspecified atom stereocenters. The lowest BCUT2D eigenvalue weighted by molar-refractivity contribution is 0.281. The maximum atomic E-state index is 9.05. The molecule has 0 saturated heterocycles. The second-order valence-electron chi connectivity index (χ2n) is 2.96. The highest BCUT2D eigenvalue weighted by Gasteiger charge is 2.13. The zero-order valence-electron chi connectivity index (χ0n) is 7.58. The Hall–Kier alpha value is -1.03. The standard InChI is InChI=1S/C10H7Cl2NO2/c11-7-1-2-9(12)8(3-7)10-6(5-14)4-13-15-10/h1-4,14H,5H2. The number of aromatic nitrogens is 1. The largest absolute Gasteiger partial charge is 0.391 e. The van der Waals surface area contributed by atoms with E-state index in [4.69, 9.17) is 32.8 Å². The summed E-state index contributed by atoms with van der Waals surface area (Å²) >= 11 is 11.8. The van der Waals surface area contributed by atoms with Gasteiger partial charge in [-0.05, 0) is 18.2 Å². The maximum Gasteiger partial charge on any atom is 0.173 e. The molecule has 0 aliphatic carbocycles. The Kier molecular flexibility index (Phi) is 2.95. The van der Waals surface area contributed by atoms with Crippen molar-refractivity contribution in [1.82, 2.24) is 5.16 Å². The van der Waals surface area contributed by atoms with E-state index in [2.05, 4.69) is 5.16 Å². The van der Waals surface area contributed by atoms with Crippen LogP contribution in [0.15, 0.2) is 28.9 Å². The highest BCUT2D eigenvalue weighted by Crippen LogP contribution is 2.32. The van der Waals surface area contributed by atoms with Gasteiger partial charge in [0, 0.05) is 16.1 Å². The molecule has 0 aliphatic rings. The van der Waals surface area contributed by atoms with Crippen molar-refractivity contribution >= 4 is 23.2 Å². The van der Waals surface area contributed by atoms with Gasteiger partial charge in [-0.2, -0.15) is 0 Å². The molecule has 1 aromatic heterocycles. The Labute approximate surface area is 96.2 Å². The number of nitrogens with zero attached hydrogens (tertiary/aromatic N) is 1. The fourth-order valence-corrected chi connectivity index (χ4v) is 1.64. The molecule has 0 aliphatic heterocycles. The monoisotopic (exact) mass is 243 g/mol. The number of rotatable bonds is 2. The van der Waals surface area contributed by atoms with Gasteiger partial charge in [0.1, 0.15) is 0 Å². The third kappa shape index (κ3) is 2.00. The van der Waals surface area contributed by atoms with Crippen molar-refractivity contribution in [3.05, 3.63) is 40.0 Å². The van der Waals surface area contributed by atoms with E-state index in [0.29, 0.717) is 26.9 Å². The van der Waals surface area contributed by atoms with Crippen LogP contribution in [0.4, 0.5) is 0 Å². The van der Waals surface area contributed by atoms with Crippen molar-refractivity contribution in [3.8, 4) is 11.3 Å². The fourth-order valence-electron chi connectivity index (χ4n) is 1.27. The molecule has 1 heterocycles. The highest BCUT2D eigenvalue weighted by molar-refractivity contribution is 6.35. The molecular formula is C10H7Cl2NO2. The predicted octanol–water partition coefficient (Wildman–Crippen LogP) is 3.14. The minimum atomic E-state index is -0.151. The summed E-state index contributed by atoms with van der Waals surface area (Å²) in [6.45, 7) is -0.151. The summed E-state index contributed by atoms with van der Waals surface area (Å²) in [6, 6.07) is 5.02. The summed E-state index contributed by atoms with van der Waals surface area (Å²) in [4.78, 5) is 0. The van der Waals surface area contributed by atoms with Crippen LogP contribution in [0.1, 0.15) is 5.56 Å². The molecule has 0 amide bonds. The topological polar surface area (TPSA) is 46.3 Å². The van der Waals surface area contributed by atoms with E-state index in [9.17, 15) is 0 Å². The van der Waals surface area contributed by atoms with E-state index >= 15 is 0 Å². The first kappa shape index (κ1) is 10.5. The van der Waals surface area contributed by atoms with Crippen molar-refractivity contribution in [3.63, 3.8) is 0 Å². The van der Waals surface area contributed by atoms with E-state index in [1.165, 1.54) is 6.20 Å². The molecule has 0 radical (unpaired) electrons. The van der Waals surface area contributed by atoms with E-state index < -0.39 is 0 Å². The van der Waals surface area contributed by atoms with Crippen molar-refractivity contribution in [2.75, 3.05) is 0 Å². The summed E-state index contributed by atoms with van der Waals surface area (Å²) in [5.74, 6) is 0.449. The van der Waals surface area contributed by atoms with Crippen LogP contribution in [0.25, 0.3) is 11.3 Å². The van der Waals surface area contributed by atoms with Gasteiger partial charge in [-0.15, -0.1) is 0 Å². The molecule has 15 heavy (non-hydrogen) atoms. The predicted molar refractivity (Wildman–Crippen MR) is 57.9 cm³/mol. The maximum absolute atomic E-state index is 9.05. The Morgan fingerprint density at radius 1 is 1.33 bits per heavy atom. The van der Waals surface area contributed by atoms with Crippen LogP contribution in [-0.4, -0.2) is 10.3 Å². The van der Waals surface area contributed by atoms with Gasteiger partial charge in [0.25, 0.3) is 0 Å². The molecule has 0 saturated carbocycles. The molecule has 1 N–H and O–H groups in total. The number of halogens is 2. The van der Waals surface area contributed by atoms with Gasteiger partial charge in [0.2, 0.25) is 0 Å². The Balaban J connectivity index is 2.58. The van der Waals surface area contributed by atoms with Crippen molar-refractivity contribution in [1.29, 1.82) is 0 Å². The average molecular weight is 244 g/mol. The number of aliphatic hydroxyl groups is 1. The molecule has 1 aromatic carbocycles. The molecule has 2 rings (SSSR count). The normalized spacial score (nSPS) is 10.6. The van der Waals surface area contributed by atoms with Crippen LogP contribution in [0.3, 0.4) is 0 Å². The van der Waals surface area contributed by atoms with E-state index in [-0.39, 0.29) is 6.61 Å². The van der Waals surface area contributed by atoms with E-state index in [0.717, 1.165) is 0 Å². The Bertz CT molecular complexity index is 482. The van der Waals surface area contributed by atoms with Crippen LogP contribution in [0, 0.1) is 0 Å². The third-order valence-electron chi connectivity index (χ3n) is 1.99. The zero-order valence-corrected chi connectivity index (χ0v) is 9.09. The van der Waals surface area contributed by atoms with Crippen LogP contribution in [0.2, 0.25) is 10.0 Å². The summed E-state index contributed by atoms with van der Waals surface area (Å²) in [6.07, 6.45) is 1.45. The van der Waals surface area contributed by atoms with Crippen LogP contribution in [-0.2, 0) is 6.61 Å². The highest BCUT2D eigenvalue weighted by atomic mass is 35.5. The third-order valence-corrected chi connectivity index (χ3v) is 2.55. The van der Waals surface area contributed by atoms with Gasteiger partial charge >= 0.3 is 0 Å². The summed E-state index contributed by atoms with van der Waals surface area (Å²) in [5, 5.41) is 13.7. The number of benzene rings is 1. The molecule has 78 valence electrons. The molecule has 0 fully saturated rings. The summed E-state index contributed by atoms with van der Waals surface area (Å²) in [7, 11) is 0. The van der Waals surface area contributed by atoms with Gasteiger partial charge < -0.3 is 9.63 Å². The molecule has 5 heteroatoms. The first-order chi connectivity index (χ1) is 7.22. The smallest absolute Gasteiger partial charge is 0.173 e. The second kappa shape index (κ2) is 4.23. The molecule has 0 bridgehead atoms. The number of aliphatic hydroxyl groups excluding tert-OH is 1. The quantitative estimate of drug-likeness (QED) is 0.882. The molecule has 0 atom stereocenters. The van der Waals surface area contributed by atoms with Crippen molar-refractivity contribution < 1.29 is 9.63 Å². The van der Waals surface area contributed by atoms with Gasteiger partial charge in [-0.1, -0.05) is 28.4 Å². The van der Waals surface area contributed by atoms with E-state index in [1.54, 1.807) is 18.2 Å². The Morgan fingerprint density at radius 2 is 2.13 bits per heavy atom. The lowest BCUT2D eigenvalue weighted by atomic mass is 10.1. The second-order valence-corrected chi connectivity index (χ2v) is 3.81. The number of hydrogen-bond donors (Lipinski definition) is 1. The lowest BCUT2D eigenvalue weighted by Crippen LogP contribution is -1.85. The van der Waals surface area contributed by atoms with Crippen LogP contribution < -0.4 is 0 Å². The minimum Gasteiger partial charge on any atom is -0.391 e. The number of hydrogen-bond acceptors (Lipinski definition) is 3. The molecular weight excluding hydrogens is 237 g/mol. The average Bonchev–Trinajstić information content (AvgIpc) is 2.69. The zero-order chi connectivity index (χ0) is 10.8. The summed E-state index contributed by atoms with van der Waals surface area (Å²) in [5.41, 5.74) is 1.21. The molecule has 0 spiro atoms. The Morgan fingerprint density at radius 3 is 2.87 bits per heavy atom. The first-order valence-electron chi connectivity index (χ1n) is 4.22. The van der Waals surface area contributed by atoms with E-state index in [1.807, 2.05) is 0 Å². The minimum absolute atomic E-state index is 0.151. The molecule has 2 aromatic rings.